The molecular formula is C13H15NO6S. The molecule has 0 saturated carbocycles. The molecule has 1 aliphatic heterocycles. The normalized spacial score (nSPS) is 21.9. The Morgan fingerprint density at radius 2 is 1.95 bits per heavy atom. The molecular weight excluding hydrogens is 298 g/mol. The van der Waals surface area contributed by atoms with Crippen LogP contribution in [0.1, 0.15) is 16.1 Å². The van der Waals surface area contributed by atoms with Gasteiger partial charge in [0.05, 0.1) is 18.9 Å². The lowest BCUT2D eigenvalue weighted by atomic mass is 9.85. The summed E-state index contributed by atoms with van der Waals surface area (Å²) in [4.78, 5) is 36.5. The highest BCUT2D eigenvalue weighted by Gasteiger charge is 2.40. The van der Waals surface area contributed by atoms with Crippen molar-refractivity contribution in [1.29, 1.82) is 0 Å². The number of thiophene rings is 1. The summed E-state index contributed by atoms with van der Waals surface area (Å²) in [6.07, 6.45) is 0.131. The largest absolute Gasteiger partial charge is 0.495 e. The summed E-state index contributed by atoms with van der Waals surface area (Å²) < 4.78 is 5.08. The van der Waals surface area contributed by atoms with Crippen molar-refractivity contribution in [2.45, 2.75) is 6.42 Å². The van der Waals surface area contributed by atoms with Gasteiger partial charge in [-0.05, 0) is 17.9 Å². The molecule has 1 aromatic heterocycles. The highest BCUT2D eigenvalue weighted by molar-refractivity contribution is 7.12. The summed E-state index contributed by atoms with van der Waals surface area (Å²) in [6, 6.07) is 1.66. The Balaban J connectivity index is 2.17. The van der Waals surface area contributed by atoms with E-state index in [9.17, 15) is 14.4 Å². The van der Waals surface area contributed by atoms with Gasteiger partial charge < -0.3 is 19.8 Å². The molecule has 0 aliphatic carbocycles. The first kappa shape index (κ1) is 15.3. The molecule has 2 rings (SSSR count). The minimum atomic E-state index is -1.20. The number of aliphatic carboxylic acids is 2. The van der Waals surface area contributed by atoms with E-state index in [1.807, 2.05) is 0 Å². The fourth-order valence-corrected chi connectivity index (χ4v) is 3.27. The minimum Gasteiger partial charge on any atom is -0.495 e. The minimum absolute atomic E-state index is 0.105. The summed E-state index contributed by atoms with van der Waals surface area (Å²) in [6.45, 7) is 0.118. The number of rotatable bonds is 4. The van der Waals surface area contributed by atoms with E-state index in [2.05, 4.69) is 0 Å². The van der Waals surface area contributed by atoms with E-state index in [4.69, 9.17) is 14.9 Å². The summed E-state index contributed by atoms with van der Waals surface area (Å²) in [5.41, 5.74) is 0. The van der Waals surface area contributed by atoms with Crippen LogP contribution in [0.3, 0.4) is 0 Å². The van der Waals surface area contributed by atoms with Crippen LogP contribution in [0.15, 0.2) is 11.4 Å². The van der Waals surface area contributed by atoms with Crippen LogP contribution in [0.5, 0.6) is 5.75 Å². The van der Waals surface area contributed by atoms with Crippen molar-refractivity contribution < 1.29 is 29.3 Å². The van der Waals surface area contributed by atoms with E-state index in [0.29, 0.717) is 10.6 Å². The first-order chi connectivity index (χ1) is 9.95. The molecule has 114 valence electrons. The molecule has 1 amide bonds. The number of likely N-dealkylation sites (tertiary alicyclic amines) is 1. The number of hydrogen-bond acceptors (Lipinski definition) is 5. The lowest BCUT2D eigenvalue weighted by Gasteiger charge is -2.34. The Bertz CT molecular complexity index is 569. The smallest absolute Gasteiger partial charge is 0.309 e. The third kappa shape index (κ3) is 2.99. The van der Waals surface area contributed by atoms with Crippen LogP contribution in [0.4, 0.5) is 0 Å². The van der Waals surface area contributed by atoms with Crippen LogP contribution < -0.4 is 4.74 Å². The average Bonchev–Trinajstić information content (AvgIpc) is 2.94. The lowest BCUT2D eigenvalue weighted by molar-refractivity contribution is -0.156. The summed E-state index contributed by atoms with van der Waals surface area (Å²) >= 11 is 1.21. The Morgan fingerprint density at radius 3 is 2.52 bits per heavy atom. The van der Waals surface area contributed by atoms with E-state index in [1.54, 1.807) is 11.4 Å². The highest BCUT2D eigenvalue weighted by atomic mass is 32.1. The maximum Gasteiger partial charge on any atom is 0.309 e. The number of carbonyl (C=O) groups excluding carboxylic acids is 1. The van der Waals surface area contributed by atoms with E-state index in [-0.39, 0.29) is 25.4 Å². The van der Waals surface area contributed by atoms with Crippen molar-refractivity contribution in [2.24, 2.45) is 11.8 Å². The van der Waals surface area contributed by atoms with Crippen LogP contribution in [0.25, 0.3) is 0 Å². The third-order valence-corrected chi connectivity index (χ3v) is 4.46. The Kier molecular flexibility index (Phi) is 4.46. The van der Waals surface area contributed by atoms with Crippen LogP contribution in [-0.4, -0.2) is 53.2 Å². The molecule has 0 bridgehead atoms. The predicted molar refractivity (Wildman–Crippen MR) is 73.6 cm³/mol. The van der Waals surface area contributed by atoms with Crippen LogP contribution in [0, 0.1) is 11.8 Å². The topological polar surface area (TPSA) is 104 Å². The number of amides is 1. The van der Waals surface area contributed by atoms with Crippen molar-refractivity contribution in [3.63, 3.8) is 0 Å². The van der Waals surface area contributed by atoms with Crippen molar-refractivity contribution in [2.75, 3.05) is 20.2 Å². The summed E-state index contributed by atoms with van der Waals surface area (Å²) in [7, 11) is 1.45. The van der Waals surface area contributed by atoms with Crippen molar-refractivity contribution in [3.8, 4) is 5.75 Å². The second-order valence-electron chi connectivity index (χ2n) is 4.75. The molecule has 21 heavy (non-hydrogen) atoms. The van der Waals surface area contributed by atoms with Gasteiger partial charge in [-0.3, -0.25) is 14.4 Å². The SMILES string of the molecule is COc1ccsc1C(=O)N1CCC(C(=O)O)C(C(=O)O)C1. The molecule has 1 aromatic rings. The van der Waals surface area contributed by atoms with Gasteiger partial charge in [0.1, 0.15) is 10.6 Å². The van der Waals surface area contributed by atoms with E-state index >= 15 is 0 Å². The zero-order valence-corrected chi connectivity index (χ0v) is 12.1. The van der Waals surface area contributed by atoms with Gasteiger partial charge in [0, 0.05) is 13.1 Å². The number of hydrogen-bond donors (Lipinski definition) is 2. The van der Waals surface area contributed by atoms with Gasteiger partial charge in [-0.15, -0.1) is 11.3 Å². The standard InChI is InChI=1S/C13H15NO6S/c1-20-9-3-5-21-10(9)11(15)14-4-2-7(12(16)17)8(6-14)13(18)19/h3,5,7-8H,2,4,6H2,1H3,(H,16,17)(H,18,19). The fraction of sp³-hybridized carbons (Fsp3) is 0.462. The van der Waals surface area contributed by atoms with Gasteiger partial charge >= 0.3 is 11.9 Å². The molecule has 0 radical (unpaired) electrons. The number of piperidine rings is 1. The maximum absolute atomic E-state index is 12.4. The molecule has 0 spiro atoms. The Labute approximate surface area is 124 Å². The van der Waals surface area contributed by atoms with Gasteiger partial charge in [-0.25, -0.2) is 0 Å². The van der Waals surface area contributed by atoms with Gasteiger partial charge in [0.15, 0.2) is 0 Å². The number of carboxylic acids is 2. The number of carbonyl (C=O) groups is 3. The van der Waals surface area contributed by atoms with E-state index in [1.165, 1.54) is 23.3 Å². The zero-order valence-electron chi connectivity index (χ0n) is 11.3. The molecule has 1 fully saturated rings. The molecule has 1 aliphatic rings. The van der Waals surface area contributed by atoms with Crippen molar-refractivity contribution in [3.05, 3.63) is 16.3 Å². The predicted octanol–water partition coefficient (Wildman–Crippen LogP) is 1.00. The number of nitrogens with zero attached hydrogens (tertiary/aromatic N) is 1. The second kappa shape index (κ2) is 6.13. The lowest BCUT2D eigenvalue weighted by Crippen LogP contribution is -2.48. The summed E-state index contributed by atoms with van der Waals surface area (Å²) in [5.74, 6) is -4.27. The molecule has 2 atom stereocenters. The Morgan fingerprint density at radius 1 is 1.29 bits per heavy atom. The van der Waals surface area contributed by atoms with Crippen LogP contribution in [-0.2, 0) is 9.59 Å². The van der Waals surface area contributed by atoms with Gasteiger partial charge in [0.2, 0.25) is 0 Å². The highest BCUT2D eigenvalue weighted by Crippen LogP contribution is 2.30. The first-order valence-corrected chi connectivity index (χ1v) is 7.20. The zero-order chi connectivity index (χ0) is 15.6. The molecule has 0 aromatic carbocycles. The molecule has 7 nitrogen and oxygen atoms in total. The number of ether oxygens (including phenoxy) is 1. The van der Waals surface area contributed by atoms with Gasteiger partial charge in [0.25, 0.3) is 5.91 Å². The quantitative estimate of drug-likeness (QED) is 0.859. The van der Waals surface area contributed by atoms with Gasteiger partial charge in [-0.2, -0.15) is 0 Å². The molecule has 2 N–H and O–H groups in total. The summed E-state index contributed by atoms with van der Waals surface area (Å²) in [5, 5.41) is 19.9. The van der Waals surface area contributed by atoms with Crippen LogP contribution in [0.2, 0.25) is 0 Å². The van der Waals surface area contributed by atoms with Gasteiger partial charge in [-0.1, -0.05) is 0 Å². The number of methoxy groups -OCH3 is 1. The molecule has 8 heteroatoms. The number of carboxylic acid groups (broad SMARTS) is 2. The van der Waals surface area contributed by atoms with Crippen molar-refractivity contribution in [1.82, 2.24) is 4.90 Å². The van der Waals surface area contributed by atoms with E-state index in [0.717, 1.165) is 0 Å². The Hall–Kier alpha value is -2.09. The molecule has 2 heterocycles. The average molecular weight is 313 g/mol. The fourth-order valence-electron chi connectivity index (χ4n) is 2.44. The van der Waals surface area contributed by atoms with Crippen molar-refractivity contribution >= 4 is 29.2 Å². The molecule has 1 saturated heterocycles. The van der Waals surface area contributed by atoms with Crippen LogP contribution >= 0.6 is 11.3 Å². The second-order valence-corrected chi connectivity index (χ2v) is 5.66. The van der Waals surface area contributed by atoms with E-state index < -0.39 is 23.8 Å². The monoisotopic (exact) mass is 313 g/mol. The maximum atomic E-state index is 12.4. The third-order valence-electron chi connectivity index (χ3n) is 3.58. The molecule has 2 unspecified atom stereocenters. The first-order valence-electron chi connectivity index (χ1n) is 6.32.